The molecule has 5 heteroatoms. The highest BCUT2D eigenvalue weighted by Gasteiger charge is 2.19. The first-order valence-electron chi connectivity index (χ1n) is 10.3. The minimum Gasteiger partial charge on any atom is -0.354 e. The molecular weight excluding hydrogens is 358 g/mol. The highest BCUT2D eigenvalue weighted by atomic mass is 15.3. The highest BCUT2D eigenvalue weighted by Crippen LogP contribution is 2.20. The van der Waals surface area contributed by atoms with Crippen LogP contribution in [0.2, 0.25) is 0 Å². The van der Waals surface area contributed by atoms with E-state index in [1.807, 2.05) is 6.07 Å². The van der Waals surface area contributed by atoms with Crippen LogP contribution in [-0.4, -0.2) is 48.1 Å². The Bertz CT molecular complexity index is 905. The van der Waals surface area contributed by atoms with Crippen LogP contribution in [0.25, 0.3) is 0 Å². The second-order valence-electron chi connectivity index (χ2n) is 7.76. The van der Waals surface area contributed by atoms with Gasteiger partial charge in [-0.15, -0.1) is 0 Å². The van der Waals surface area contributed by atoms with Crippen molar-refractivity contribution in [2.24, 2.45) is 0 Å². The molecule has 0 unspecified atom stereocenters. The summed E-state index contributed by atoms with van der Waals surface area (Å²) in [6, 6.07) is 23.3. The van der Waals surface area contributed by atoms with Gasteiger partial charge in [0.1, 0.15) is 5.82 Å². The number of hydrogen-bond acceptors (Lipinski definition) is 5. The molecule has 1 aliphatic heterocycles. The Balaban J connectivity index is 1.40. The lowest BCUT2D eigenvalue weighted by atomic mass is 10.2. The Morgan fingerprint density at radius 3 is 2.10 bits per heavy atom. The van der Waals surface area contributed by atoms with Crippen LogP contribution in [0, 0.1) is 6.92 Å². The predicted molar refractivity (Wildman–Crippen MR) is 119 cm³/mol. The lowest BCUT2D eigenvalue weighted by Gasteiger charge is -2.35. The zero-order valence-corrected chi connectivity index (χ0v) is 17.3. The molecule has 2 heterocycles. The van der Waals surface area contributed by atoms with Gasteiger partial charge in [0.25, 0.3) is 0 Å². The molecule has 1 aromatic heterocycles. The van der Waals surface area contributed by atoms with Gasteiger partial charge in [-0.1, -0.05) is 60.7 Å². The summed E-state index contributed by atoms with van der Waals surface area (Å²) in [5, 5.41) is 0. The Hall–Kier alpha value is -2.92. The van der Waals surface area contributed by atoms with Crippen LogP contribution in [0.4, 0.5) is 11.8 Å². The molecule has 150 valence electrons. The molecule has 1 saturated heterocycles. The van der Waals surface area contributed by atoms with Crippen LogP contribution in [0.15, 0.2) is 66.7 Å². The molecule has 0 atom stereocenters. The fraction of sp³-hybridized carbons (Fsp3) is 0.333. The smallest absolute Gasteiger partial charge is 0.227 e. The van der Waals surface area contributed by atoms with Gasteiger partial charge in [0.15, 0.2) is 0 Å². The average molecular weight is 388 g/mol. The topological polar surface area (TPSA) is 35.5 Å². The van der Waals surface area contributed by atoms with Crippen LogP contribution in [0.1, 0.15) is 16.8 Å². The second kappa shape index (κ2) is 9.05. The molecule has 2 aromatic carbocycles. The summed E-state index contributed by atoms with van der Waals surface area (Å²) in [6.45, 7) is 7.95. The van der Waals surface area contributed by atoms with Crippen LogP contribution in [0.5, 0.6) is 0 Å². The molecule has 3 aromatic rings. The van der Waals surface area contributed by atoms with Gasteiger partial charge in [-0.2, -0.15) is 4.98 Å². The van der Waals surface area contributed by atoms with Gasteiger partial charge in [-0.3, -0.25) is 4.90 Å². The number of aryl methyl sites for hydroxylation is 1. The summed E-state index contributed by atoms with van der Waals surface area (Å²) in [7, 11) is 2.06. The van der Waals surface area contributed by atoms with Crippen molar-refractivity contribution in [3.63, 3.8) is 0 Å². The molecule has 0 N–H and O–H groups in total. The van der Waals surface area contributed by atoms with Crippen LogP contribution in [0.3, 0.4) is 0 Å². The largest absolute Gasteiger partial charge is 0.354 e. The molecule has 1 aliphatic rings. The molecule has 0 aliphatic carbocycles. The normalized spacial score (nSPS) is 14.8. The summed E-state index contributed by atoms with van der Waals surface area (Å²) >= 11 is 0. The van der Waals surface area contributed by atoms with Gasteiger partial charge in [-0.25, -0.2) is 4.98 Å². The summed E-state index contributed by atoms with van der Waals surface area (Å²) in [5.74, 6) is 1.82. The van der Waals surface area contributed by atoms with Gasteiger partial charge in [-0.05, 0) is 18.1 Å². The number of benzene rings is 2. The van der Waals surface area contributed by atoms with Gasteiger partial charge in [0, 0.05) is 58.1 Å². The zero-order valence-electron chi connectivity index (χ0n) is 17.3. The molecular formula is C24H29N5. The van der Waals surface area contributed by atoms with E-state index in [1.54, 1.807) is 0 Å². The van der Waals surface area contributed by atoms with Gasteiger partial charge >= 0.3 is 0 Å². The minimum absolute atomic E-state index is 0.788. The lowest BCUT2D eigenvalue weighted by Crippen LogP contribution is -2.46. The van der Waals surface area contributed by atoms with E-state index >= 15 is 0 Å². The van der Waals surface area contributed by atoms with Crippen molar-refractivity contribution >= 4 is 11.8 Å². The standard InChI is InChI=1S/C24H29N5/c1-20-17-23(26-24(25-20)27(2)18-21-9-5-3-6-10-21)29-15-13-28(14-16-29)19-22-11-7-4-8-12-22/h3-12,17H,13-16,18-19H2,1-2H3. The minimum atomic E-state index is 0.788. The van der Waals surface area contributed by atoms with Gasteiger partial charge in [0.05, 0.1) is 0 Å². The number of piperazine rings is 1. The summed E-state index contributed by atoms with van der Waals surface area (Å²) in [4.78, 5) is 16.6. The molecule has 1 fully saturated rings. The first kappa shape index (κ1) is 19.4. The van der Waals surface area contributed by atoms with Crippen LogP contribution in [-0.2, 0) is 13.1 Å². The van der Waals surface area contributed by atoms with E-state index in [4.69, 9.17) is 4.98 Å². The van der Waals surface area contributed by atoms with E-state index in [1.165, 1.54) is 11.1 Å². The van der Waals surface area contributed by atoms with E-state index in [0.29, 0.717) is 0 Å². The number of rotatable bonds is 6. The van der Waals surface area contributed by atoms with Gasteiger partial charge in [0.2, 0.25) is 5.95 Å². The summed E-state index contributed by atoms with van der Waals surface area (Å²) < 4.78 is 0. The molecule has 0 spiro atoms. The fourth-order valence-electron chi connectivity index (χ4n) is 3.77. The highest BCUT2D eigenvalue weighted by molar-refractivity contribution is 5.46. The Morgan fingerprint density at radius 2 is 1.45 bits per heavy atom. The molecule has 0 radical (unpaired) electrons. The molecule has 5 nitrogen and oxygen atoms in total. The van der Waals surface area contributed by atoms with Gasteiger partial charge < -0.3 is 9.80 Å². The Morgan fingerprint density at radius 1 is 0.828 bits per heavy atom. The maximum Gasteiger partial charge on any atom is 0.227 e. The SMILES string of the molecule is Cc1cc(N2CCN(Cc3ccccc3)CC2)nc(N(C)Cc2ccccc2)n1. The van der Waals surface area contributed by atoms with Crippen molar-refractivity contribution in [1.29, 1.82) is 0 Å². The Labute approximate surface area is 173 Å². The van der Waals surface area contributed by atoms with Crippen molar-refractivity contribution in [3.05, 3.63) is 83.6 Å². The van der Waals surface area contributed by atoms with Crippen molar-refractivity contribution in [1.82, 2.24) is 14.9 Å². The Kier molecular flexibility index (Phi) is 6.06. The maximum absolute atomic E-state index is 4.88. The first-order valence-corrected chi connectivity index (χ1v) is 10.3. The molecule has 0 amide bonds. The maximum atomic E-state index is 4.88. The van der Waals surface area contributed by atoms with E-state index < -0.39 is 0 Å². The third-order valence-electron chi connectivity index (χ3n) is 5.38. The second-order valence-corrected chi connectivity index (χ2v) is 7.76. The number of anilines is 2. The number of aromatic nitrogens is 2. The monoisotopic (exact) mass is 387 g/mol. The zero-order chi connectivity index (χ0) is 20.1. The van der Waals surface area contributed by atoms with E-state index in [9.17, 15) is 0 Å². The van der Waals surface area contributed by atoms with Crippen LogP contribution < -0.4 is 9.80 Å². The fourth-order valence-corrected chi connectivity index (χ4v) is 3.77. The van der Waals surface area contributed by atoms with E-state index in [-0.39, 0.29) is 0 Å². The third-order valence-corrected chi connectivity index (χ3v) is 5.38. The number of hydrogen-bond donors (Lipinski definition) is 0. The quantitative estimate of drug-likeness (QED) is 0.644. The average Bonchev–Trinajstić information content (AvgIpc) is 2.75. The van der Waals surface area contributed by atoms with E-state index in [2.05, 4.69) is 94.3 Å². The van der Waals surface area contributed by atoms with Crippen LogP contribution >= 0.6 is 0 Å². The molecule has 0 saturated carbocycles. The molecule has 0 bridgehead atoms. The van der Waals surface area contributed by atoms with E-state index in [0.717, 1.165) is 56.7 Å². The number of nitrogens with zero attached hydrogens (tertiary/aromatic N) is 5. The molecule has 29 heavy (non-hydrogen) atoms. The lowest BCUT2D eigenvalue weighted by molar-refractivity contribution is 0.249. The van der Waals surface area contributed by atoms with Crippen molar-refractivity contribution in [3.8, 4) is 0 Å². The third kappa shape index (κ3) is 5.12. The van der Waals surface area contributed by atoms with Crippen molar-refractivity contribution < 1.29 is 0 Å². The first-order chi connectivity index (χ1) is 14.2. The summed E-state index contributed by atoms with van der Waals surface area (Å²) in [6.07, 6.45) is 0. The van der Waals surface area contributed by atoms with Crippen molar-refractivity contribution in [2.75, 3.05) is 43.0 Å². The summed E-state index contributed by atoms with van der Waals surface area (Å²) in [5.41, 5.74) is 3.65. The van der Waals surface area contributed by atoms with Crippen molar-refractivity contribution in [2.45, 2.75) is 20.0 Å². The molecule has 4 rings (SSSR count). The predicted octanol–water partition coefficient (Wildman–Crippen LogP) is 3.74.